The Labute approximate surface area is 124 Å². The monoisotopic (exact) mass is 301 g/mol. The van der Waals surface area contributed by atoms with Gasteiger partial charge < -0.3 is 19.8 Å². The summed E-state index contributed by atoms with van der Waals surface area (Å²) in [5.41, 5.74) is 0.0655. The molecule has 6 nitrogen and oxygen atoms in total. The molecule has 2 aliphatic rings. The van der Waals surface area contributed by atoms with E-state index < -0.39 is 12.0 Å². The van der Waals surface area contributed by atoms with Crippen molar-refractivity contribution in [3.63, 3.8) is 0 Å². The number of carbonyl (C=O) groups is 2. The van der Waals surface area contributed by atoms with Crippen LogP contribution in [0.4, 0.5) is 4.79 Å². The molecular formula is C13H23N3O3S. The fourth-order valence-corrected chi connectivity index (χ4v) is 4.03. The fourth-order valence-electron chi connectivity index (χ4n) is 2.90. The number of amides is 2. The van der Waals surface area contributed by atoms with Crippen LogP contribution in [0.5, 0.6) is 0 Å². The summed E-state index contributed by atoms with van der Waals surface area (Å²) < 4.78 is 0. The van der Waals surface area contributed by atoms with Crippen LogP contribution in [0.2, 0.25) is 0 Å². The van der Waals surface area contributed by atoms with E-state index in [4.69, 9.17) is 5.11 Å². The predicted molar refractivity (Wildman–Crippen MR) is 78.9 cm³/mol. The van der Waals surface area contributed by atoms with Crippen LogP contribution in [0.3, 0.4) is 0 Å². The highest BCUT2D eigenvalue weighted by molar-refractivity contribution is 7.99. The van der Waals surface area contributed by atoms with Crippen LogP contribution in [-0.2, 0) is 4.79 Å². The maximum Gasteiger partial charge on any atom is 0.327 e. The summed E-state index contributed by atoms with van der Waals surface area (Å²) in [6.45, 7) is 0.659. The second-order valence-electron chi connectivity index (χ2n) is 5.93. The van der Waals surface area contributed by atoms with Gasteiger partial charge in [-0.1, -0.05) is 0 Å². The quantitative estimate of drug-likeness (QED) is 0.838. The summed E-state index contributed by atoms with van der Waals surface area (Å²) in [6.07, 6.45) is 3.38. The fraction of sp³-hybridized carbons (Fsp3) is 0.846. The van der Waals surface area contributed by atoms with Gasteiger partial charge in [0.15, 0.2) is 0 Å². The van der Waals surface area contributed by atoms with Gasteiger partial charge in [-0.3, -0.25) is 0 Å². The topological polar surface area (TPSA) is 64.1 Å². The lowest BCUT2D eigenvalue weighted by molar-refractivity contribution is -0.140. The zero-order valence-electron chi connectivity index (χ0n) is 12.3. The second-order valence-corrected chi connectivity index (χ2v) is 6.93. The Kier molecular flexibility index (Phi) is 4.49. The van der Waals surface area contributed by atoms with Gasteiger partial charge in [-0.2, -0.15) is 0 Å². The van der Waals surface area contributed by atoms with Crippen molar-refractivity contribution in [3.05, 3.63) is 0 Å². The highest BCUT2D eigenvalue weighted by Gasteiger charge is 2.43. The molecule has 1 saturated heterocycles. The van der Waals surface area contributed by atoms with Gasteiger partial charge >= 0.3 is 12.0 Å². The van der Waals surface area contributed by atoms with Crippen LogP contribution in [0.1, 0.15) is 19.3 Å². The second kappa shape index (κ2) is 5.81. The molecule has 0 radical (unpaired) electrons. The number of hydrogen-bond acceptors (Lipinski definition) is 4. The Morgan fingerprint density at radius 2 is 2.00 bits per heavy atom. The summed E-state index contributed by atoms with van der Waals surface area (Å²) in [6, 6.07) is -0.859. The molecule has 114 valence electrons. The van der Waals surface area contributed by atoms with E-state index in [1.165, 1.54) is 23.1 Å². The normalized spacial score (nSPS) is 24.6. The number of hydrogen-bond donors (Lipinski definition) is 1. The summed E-state index contributed by atoms with van der Waals surface area (Å²) in [5.74, 6) is 0.0331. The molecule has 7 heteroatoms. The summed E-state index contributed by atoms with van der Waals surface area (Å²) in [4.78, 5) is 29.0. The number of likely N-dealkylation sites (N-methyl/N-ethyl adjacent to an activating group) is 2. The highest BCUT2D eigenvalue weighted by Crippen LogP contribution is 2.37. The van der Waals surface area contributed by atoms with Crippen molar-refractivity contribution in [2.24, 2.45) is 0 Å². The van der Waals surface area contributed by atoms with Gasteiger partial charge in [0.05, 0.1) is 5.88 Å². The Bertz CT molecular complexity index is 398. The number of carboxylic acids is 1. The molecule has 1 N–H and O–H groups in total. The third-order valence-electron chi connectivity index (χ3n) is 4.50. The Balaban J connectivity index is 2.00. The molecule has 20 heavy (non-hydrogen) atoms. The van der Waals surface area contributed by atoms with Gasteiger partial charge in [-0.15, -0.1) is 11.8 Å². The van der Waals surface area contributed by atoms with Gasteiger partial charge in [-0.25, -0.2) is 9.59 Å². The molecule has 0 aromatic rings. The summed E-state index contributed by atoms with van der Waals surface area (Å²) >= 11 is 1.50. The maximum absolute atomic E-state index is 12.5. The first-order valence-corrected chi connectivity index (χ1v) is 8.02. The van der Waals surface area contributed by atoms with Crippen LogP contribution < -0.4 is 0 Å². The lowest BCUT2D eigenvalue weighted by atomic mass is 9.75. The summed E-state index contributed by atoms with van der Waals surface area (Å²) in [5, 5.41) is 9.16. The first-order chi connectivity index (χ1) is 9.37. The number of thioether (sulfide) groups is 1. The minimum Gasteiger partial charge on any atom is -0.480 e. The predicted octanol–water partition coefficient (Wildman–Crippen LogP) is 0.982. The van der Waals surface area contributed by atoms with Crippen molar-refractivity contribution >= 4 is 23.8 Å². The van der Waals surface area contributed by atoms with Gasteiger partial charge in [-0.05, 0) is 33.4 Å². The summed E-state index contributed by atoms with van der Waals surface area (Å²) in [7, 11) is 5.86. The van der Waals surface area contributed by atoms with E-state index >= 15 is 0 Å². The molecule has 1 heterocycles. The largest absolute Gasteiger partial charge is 0.480 e. The van der Waals surface area contributed by atoms with Crippen LogP contribution in [0.15, 0.2) is 0 Å². The van der Waals surface area contributed by atoms with Gasteiger partial charge in [0.25, 0.3) is 0 Å². The molecular weight excluding hydrogens is 278 g/mol. The van der Waals surface area contributed by atoms with Crippen molar-refractivity contribution in [1.29, 1.82) is 0 Å². The lowest BCUT2D eigenvalue weighted by Crippen LogP contribution is -2.59. The Hall–Kier alpha value is -0.950. The third-order valence-corrected chi connectivity index (χ3v) is 5.52. The number of urea groups is 1. The van der Waals surface area contributed by atoms with Gasteiger partial charge in [0.2, 0.25) is 0 Å². The van der Waals surface area contributed by atoms with Crippen LogP contribution in [0, 0.1) is 0 Å². The number of carboxylic acid groups (broad SMARTS) is 1. The SMILES string of the molecule is CN(CC1(N(C)C)CCC1)C(=O)N1CSC[C@H]1C(=O)O. The van der Waals surface area contributed by atoms with E-state index in [-0.39, 0.29) is 11.6 Å². The Morgan fingerprint density at radius 1 is 1.35 bits per heavy atom. The molecule has 0 aromatic carbocycles. The van der Waals surface area contributed by atoms with Crippen molar-refractivity contribution in [1.82, 2.24) is 14.7 Å². The average molecular weight is 301 g/mol. The van der Waals surface area contributed by atoms with Crippen molar-refractivity contribution < 1.29 is 14.7 Å². The molecule has 0 spiro atoms. The molecule has 0 unspecified atom stereocenters. The molecule has 0 bridgehead atoms. The number of carbonyl (C=O) groups excluding carboxylic acids is 1. The van der Waals surface area contributed by atoms with E-state index in [1.807, 2.05) is 14.1 Å². The van der Waals surface area contributed by atoms with E-state index in [2.05, 4.69) is 4.90 Å². The number of rotatable bonds is 4. The number of aliphatic carboxylic acids is 1. The first kappa shape index (κ1) is 15.4. The van der Waals surface area contributed by atoms with Crippen LogP contribution in [0.25, 0.3) is 0 Å². The molecule has 2 rings (SSSR count). The molecule has 1 atom stereocenters. The first-order valence-electron chi connectivity index (χ1n) is 6.87. The molecule has 0 aromatic heterocycles. The van der Waals surface area contributed by atoms with Crippen molar-refractivity contribution in [3.8, 4) is 0 Å². The molecule has 2 fully saturated rings. The average Bonchev–Trinajstić information content (AvgIpc) is 2.81. The smallest absolute Gasteiger partial charge is 0.327 e. The van der Waals surface area contributed by atoms with E-state index in [9.17, 15) is 9.59 Å². The van der Waals surface area contributed by atoms with Crippen molar-refractivity contribution in [2.75, 3.05) is 39.3 Å². The van der Waals surface area contributed by atoms with Crippen LogP contribution >= 0.6 is 11.8 Å². The van der Waals surface area contributed by atoms with Crippen LogP contribution in [-0.4, -0.2) is 82.7 Å². The van der Waals surface area contributed by atoms with Gasteiger partial charge in [0.1, 0.15) is 6.04 Å². The highest BCUT2D eigenvalue weighted by atomic mass is 32.2. The van der Waals surface area contributed by atoms with Gasteiger partial charge in [0, 0.05) is 24.9 Å². The maximum atomic E-state index is 12.5. The van der Waals surface area contributed by atoms with E-state index in [1.54, 1.807) is 11.9 Å². The Morgan fingerprint density at radius 3 is 2.45 bits per heavy atom. The molecule has 2 amide bonds. The van der Waals surface area contributed by atoms with E-state index in [0.717, 1.165) is 12.8 Å². The minimum absolute atomic E-state index is 0.0655. The third kappa shape index (κ3) is 2.74. The standard InChI is InChI=1S/C13H23N3O3S/c1-14(2)13(5-4-6-13)8-15(3)12(19)16-9-20-7-10(16)11(17)18/h10H,4-9H2,1-3H3,(H,17,18)/t10-/m0/s1. The molecule has 1 saturated carbocycles. The molecule has 1 aliphatic heterocycles. The number of nitrogens with zero attached hydrogens (tertiary/aromatic N) is 3. The zero-order chi connectivity index (χ0) is 14.9. The lowest BCUT2D eigenvalue weighted by Gasteiger charge is -2.49. The van der Waals surface area contributed by atoms with E-state index in [0.29, 0.717) is 18.2 Å². The zero-order valence-corrected chi connectivity index (χ0v) is 13.2. The van der Waals surface area contributed by atoms with Crippen molar-refractivity contribution in [2.45, 2.75) is 30.8 Å². The minimum atomic E-state index is -0.914. The molecule has 1 aliphatic carbocycles.